The van der Waals surface area contributed by atoms with Gasteiger partial charge in [-0.2, -0.15) is 0 Å². The number of pyridine rings is 1. The van der Waals surface area contributed by atoms with Crippen LogP contribution in [-0.4, -0.2) is 22.9 Å². The Morgan fingerprint density at radius 3 is 2.71 bits per heavy atom. The highest BCUT2D eigenvalue weighted by Gasteiger charge is 2.13. The van der Waals surface area contributed by atoms with E-state index in [4.69, 9.17) is 4.74 Å². The number of nitrogens with zero attached hydrogens (tertiary/aromatic N) is 2. The summed E-state index contributed by atoms with van der Waals surface area (Å²) in [6, 6.07) is 8.81. The quantitative estimate of drug-likeness (QED) is 0.688. The molecule has 108 valence electrons. The lowest BCUT2D eigenvalue weighted by Crippen LogP contribution is -2.13. The van der Waals surface area contributed by atoms with Gasteiger partial charge in [0.1, 0.15) is 0 Å². The predicted molar refractivity (Wildman–Crippen MR) is 76.6 cm³/mol. The summed E-state index contributed by atoms with van der Waals surface area (Å²) in [5.41, 5.74) is 1.19. The van der Waals surface area contributed by atoms with Crippen LogP contribution in [0, 0.1) is 17.0 Å². The van der Waals surface area contributed by atoms with Crippen molar-refractivity contribution in [1.29, 1.82) is 0 Å². The van der Waals surface area contributed by atoms with E-state index in [1.54, 1.807) is 19.1 Å². The van der Waals surface area contributed by atoms with Gasteiger partial charge in [-0.05, 0) is 19.1 Å². The molecule has 0 saturated carbocycles. The van der Waals surface area contributed by atoms with Crippen LogP contribution in [0.1, 0.15) is 16.1 Å². The van der Waals surface area contributed by atoms with Crippen molar-refractivity contribution in [3.05, 3.63) is 57.8 Å². The van der Waals surface area contributed by atoms with Crippen molar-refractivity contribution >= 4 is 17.3 Å². The number of nitro benzene ring substituents is 1. The lowest BCUT2D eigenvalue weighted by Gasteiger charge is -2.09. The van der Waals surface area contributed by atoms with E-state index in [0.717, 1.165) is 0 Å². The van der Waals surface area contributed by atoms with Crippen molar-refractivity contribution in [3.63, 3.8) is 0 Å². The second-order valence-electron chi connectivity index (χ2n) is 4.25. The van der Waals surface area contributed by atoms with E-state index >= 15 is 0 Å². The van der Waals surface area contributed by atoms with Gasteiger partial charge in [0, 0.05) is 23.8 Å². The number of ether oxygens (including phenoxy) is 1. The standard InChI is InChI=1S/C14H13N3O4/c1-9-12(6-7-13(15-9)21-2)16-14(18)10-4-3-5-11(8-10)17(19)20/h3-8H,1-2H3,(H,16,18). The monoisotopic (exact) mass is 287 g/mol. The van der Waals surface area contributed by atoms with Gasteiger partial charge in [0.05, 0.1) is 23.4 Å². The summed E-state index contributed by atoms with van der Waals surface area (Å²) in [4.78, 5) is 26.4. The number of nitrogens with one attached hydrogen (secondary N) is 1. The molecule has 0 atom stereocenters. The maximum absolute atomic E-state index is 12.1. The largest absolute Gasteiger partial charge is 0.481 e. The average Bonchev–Trinajstić information content (AvgIpc) is 2.49. The molecule has 1 heterocycles. The Balaban J connectivity index is 2.22. The summed E-state index contributed by atoms with van der Waals surface area (Å²) in [5, 5.41) is 13.4. The fourth-order valence-corrected chi connectivity index (χ4v) is 1.74. The first-order valence-electron chi connectivity index (χ1n) is 6.08. The van der Waals surface area contributed by atoms with Crippen molar-refractivity contribution < 1.29 is 14.5 Å². The lowest BCUT2D eigenvalue weighted by molar-refractivity contribution is -0.384. The number of carbonyl (C=O) groups is 1. The molecule has 0 unspecified atom stereocenters. The molecule has 0 spiro atoms. The van der Waals surface area contributed by atoms with Gasteiger partial charge in [-0.15, -0.1) is 0 Å². The van der Waals surface area contributed by atoms with E-state index in [2.05, 4.69) is 10.3 Å². The molecule has 0 aliphatic carbocycles. The highest BCUT2D eigenvalue weighted by Crippen LogP contribution is 2.19. The van der Waals surface area contributed by atoms with Gasteiger partial charge in [-0.1, -0.05) is 6.07 Å². The third-order valence-electron chi connectivity index (χ3n) is 2.84. The summed E-state index contributed by atoms with van der Waals surface area (Å²) in [6.07, 6.45) is 0. The minimum absolute atomic E-state index is 0.132. The van der Waals surface area contributed by atoms with Gasteiger partial charge in [-0.3, -0.25) is 14.9 Å². The topological polar surface area (TPSA) is 94.4 Å². The maximum Gasteiger partial charge on any atom is 0.270 e. The van der Waals surface area contributed by atoms with Gasteiger partial charge in [0.15, 0.2) is 0 Å². The van der Waals surface area contributed by atoms with Crippen LogP contribution in [0.4, 0.5) is 11.4 Å². The van der Waals surface area contributed by atoms with Gasteiger partial charge in [0.25, 0.3) is 11.6 Å². The van der Waals surface area contributed by atoms with Crippen molar-refractivity contribution in [2.75, 3.05) is 12.4 Å². The Morgan fingerprint density at radius 1 is 1.33 bits per heavy atom. The van der Waals surface area contributed by atoms with Gasteiger partial charge >= 0.3 is 0 Å². The van der Waals surface area contributed by atoms with E-state index in [0.29, 0.717) is 17.3 Å². The number of aromatic nitrogens is 1. The number of non-ortho nitro benzene ring substituents is 1. The number of benzene rings is 1. The molecule has 0 saturated heterocycles. The predicted octanol–water partition coefficient (Wildman–Crippen LogP) is 2.56. The molecular formula is C14H13N3O4. The molecule has 2 rings (SSSR count). The Morgan fingerprint density at radius 2 is 2.10 bits per heavy atom. The van der Waals surface area contributed by atoms with Crippen LogP contribution in [0.3, 0.4) is 0 Å². The number of aryl methyl sites for hydroxylation is 1. The maximum atomic E-state index is 12.1. The zero-order valence-corrected chi connectivity index (χ0v) is 11.5. The average molecular weight is 287 g/mol. The molecule has 1 aromatic carbocycles. The second kappa shape index (κ2) is 6.00. The zero-order valence-electron chi connectivity index (χ0n) is 11.5. The van der Waals surface area contributed by atoms with Crippen molar-refractivity contribution in [2.24, 2.45) is 0 Å². The normalized spacial score (nSPS) is 10.0. The molecule has 7 heteroatoms. The SMILES string of the molecule is COc1ccc(NC(=O)c2cccc([N+](=O)[O-])c2)c(C)n1. The van der Waals surface area contributed by atoms with Crippen LogP contribution in [0.25, 0.3) is 0 Å². The first-order chi connectivity index (χ1) is 10.0. The first-order valence-corrected chi connectivity index (χ1v) is 6.08. The molecule has 0 bridgehead atoms. The molecule has 1 amide bonds. The minimum atomic E-state index is -0.545. The smallest absolute Gasteiger partial charge is 0.270 e. The van der Waals surface area contributed by atoms with E-state index in [-0.39, 0.29) is 11.3 Å². The zero-order chi connectivity index (χ0) is 15.4. The molecule has 1 N–H and O–H groups in total. The Kier molecular flexibility index (Phi) is 4.13. The summed E-state index contributed by atoms with van der Waals surface area (Å²) in [5.74, 6) is 0.00890. The molecule has 0 fully saturated rings. The van der Waals surface area contributed by atoms with E-state index < -0.39 is 10.8 Å². The lowest BCUT2D eigenvalue weighted by atomic mass is 10.2. The number of hydrogen-bond donors (Lipinski definition) is 1. The van der Waals surface area contributed by atoms with Crippen LogP contribution in [0.2, 0.25) is 0 Å². The van der Waals surface area contributed by atoms with Crippen molar-refractivity contribution in [3.8, 4) is 5.88 Å². The highest BCUT2D eigenvalue weighted by molar-refractivity contribution is 6.04. The Labute approximate surface area is 120 Å². The number of methoxy groups -OCH3 is 1. The number of hydrogen-bond acceptors (Lipinski definition) is 5. The number of rotatable bonds is 4. The summed E-state index contributed by atoms with van der Waals surface area (Å²) >= 11 is 0. The van der Waals surface area contributed by atoms with Crippen LogP contribution >= 0.6 is 0 Å². The van der Waals surface area contributed by atoms with E-state index in [1.165, 1.54) is 31.4 Å². The molecule has 7 nitrogen and oxygen atoms in total. The highest BCUT2D eigenvalue weighted by atomic mass is 16.6. The van der Waals surface area contributed by atoms with Gasteiger partial charge < -0.3 is 10.1 Å². The molecule has 1 aromatic heterocycles. The van der Waals surface area contributed by atoms with Crippen molar-refractivity contribution in [1.82, 2.24) is 4.98 Å². The second-order valence-corrected chi connectivity index (χ2v) is 4.25. The molecule has 2 aromatic rings. The van der Waals surface area contributed by atoms with Crippen LogP contribution < -0.4 is 10.1 Å². The summed E-state index contributed by atoms with van der Waals surface area (Å²) in [6.45, 7) is 1.73. The third-order valence-corrected chi connectivity index (χ3v) is 2.84. The summed E-state index contributed by atoms with van der Waals surface area (Å²) < 4.78 is 4.98. The molecule has 0 aliphatic heterocycles. The van der Waals surface area contributed by atoms with E-state index in [9.17, 15) is 14.9 Å². The van der Waals surface area contributed by atoms with E-state index in [1.807, 2.05) is 0 Å². The third kappa shape index (κ3) is 3.33. The molecule has 0 aliphatic rings. The molecule has 0 radical (unpaired) electrons. The fraction of sp³-hybridized carbons (Fsp3) is 0.143. The molecule has 21 heavy (non-hydrogen) atoms. The number of anilines is 1. The number of nitro groups is 1. The fourth-order valence-electron chi connectivity index (χ4n) is 1.74. The van der Waals surface area contributed by atoms with Gasteiger partial charge in [-0.25, -0.2) is 4.98 Å². The first kappa shape index (κ1) is 14.4. The Hall–Kier alpha value is -2.96. The Bertz CT molecular complexity index is 700. The van der Waals surface area contributed by atoms with Crippen LogP contribution in [-0.2, 0) is 0 Å². The van der Waals surface area contributed by atoms with Gasteiger partial charge in [0.2, 0.25) is 5.88 Å². The van der Waals surface area contributed by atoms with Crippen molar-refractivity contribution in [2.45, 2.75) is 6.92 Å². The molecular weight excluding hydrogens is 274 g/mol. The van der Waals surface area contributed by atoms with Crippen LogP contribution in [0.5, 0.6) is 5.88 Å². The summed E-state index contributed by atoms with van der Waals surface area (Å²) in [7, 11) is 1.50. The minimum Gasteiger partial charge on any atom is -0.481 e. The number of amides is 1. The number of carbonyl (C=O) groups excluding carboxylic acids is 1. The van der Waals surface area contributed by atoms with Crippen LogP contribution in [0.15, 0.2) is 36.4 Å².